The van der Waals surface area contributed by atoms with Crippen LogP contribution < -0.4 is 0 Å². The third kappa shape index (κ3) is 3.69. The van der Waals surface area contributed by atoms with Gasteiger partial charge in [-0.25, -0.2) is 0 Å². The molecule has 0 aliphatic carbocycles. The highest BCUT2D eigenvalue weighted by Gasteiger charge is 2.16. The minimum Gasteiger partial charge on any atom is -0.379 e. The topological polar surface area (TPSA) is 12.5 Å². The molecule has 1 saturated heterocycles. The largest absolute Gasteiger partial charge is 0.379 e. The number of rotatable bonds is 4. The Kier molecular flexibility index (Phi) is 4.77. The van der Waals surface area contributed by atoms with Crippen LogP contribution in [0.1, 0.15) is 18.9 Å². The number of ether oxygens (including phenoxy) is 1. The summed E-state index contributed by atoms with van der Waals surface area (Å²) in [6.45, 7) is 6.09. The average molecular weight is 231 g/mol. The Bertz CT molecular complexity index is 341. The van der Waals surface area contributed by atoms with Crippen molar-refractivity contribution in [3.63, 3.8) is 0 Å². The lowest BCUT2D eigenvalue weighted by Gasteiger charge is -2.32. The second-order valence-electron chi connectivity index (χ2n) is 4.39. The molecule has 2 nitrogen and oxygen atoms in total. The highest BCUT2D eigenvalue weighted by atomic mass is 16.5. The lowest BCUT2D eigenvalue weighted by Crippen LogP contribution is -2.42. The Labute approximate surface area is 104 Å². The van der Waals surface area contributed by atoms with Gasteiger partial charge in [0.05, 0.1) is 13.2 Å². The third-order valence-corrected chi connectivity index (χ3v) is 3.24. The highest BCUT2D eigenvalue weighted by molar-refractivity contribution is 5.49. The summed E-state index contributed by atoms with van der Waals surface area (Å²) >= 11 is 0. The zero-order valence-electron chi connectivity index (χ0n) is 10.5. The van der Waals surface area contributed by atoms with Gasteiger partial charge in [0, 0.05) is 19.1 Å². The third-order valence-electron chi connectivity index (χ3n) is 3.24. The van der Waals surface area contributed by atoms with Gasteiger partial charge in [-0.15, -0.1) is 0 Å². The van der Waals surface area contributed by atoms with Crippen molar-refractivity contribution in [2.75, 3.05) is 26.3 Å². The van der Waals surface area contributed by atoms with Crippen molar-refractivity contribution in [1.29, 1.82) is 0 Å². The Morgan fingerprint density at radius 2 is 1.94 bits per heavy atom. The molecule has 2 rings (SSSR count). The molecule has 0 bridgehead atoms. The fourth-order valence-electron chi connectivity index (χ4n) is 2.21. The number of nitrogens with zero attached hydrogens (tertiary/aromatic N) is 1. The van der Waals surface area contributed by atoms with E-state index in [4.69, 9.17) is 4.74 Å². The summed E-state index contributed by atoms with van der Waals surface area (Å²) in [5.74, 6) is 0. The minimum absolute atomic E-state index is 0.541. The highest BCUT2D eigenvalue weighted by Crippen LogP contribution is 2.11. The van der Waals surface area contributed by atoms with E-state index >= 15 is 0 Å². The number of morpholine rings is 1. The molecular weight excluding hydrogens is 210 g/mol. The van der Waals surface area contributed by atoms with Crippen LogP contribution in [-0.4, -0.2) is 37.2 Å². The second kappa shape index (κ2) is 6.58. The summed E-state index contributed by atoms with van der Waals surface area (Å²) < 4.78 is 5.39. The molecule has 1 fully saturated rings. The van der Waals surface area contributed by atoms with Gasteiger partial charge in [0.25, 0.3) is 0 Å². The molecule has 1 heterocycles. The molecule has 0 amide bonds. The first-order valence-electron chi connectivity index (χ1n) is 6.45. The van der Waals surface area contributed by atoms with Crippen LogP contribution in [0.4, 0.5) is 0 Å². The molecule has 1 aromatic rings. The molecular formula is C15H21NO. The van der Waals surface area contributed by atoms with Crippen molar-refractivity contribution in [1.82, 2.24) is 4.90 Å². The second-order valence-corrected chi connectivity index (χ2v) is 4.39. The zero-order chi connectivity index (χ0) is 11.9. The summed E-state index contributed by atoms with van der Waals surface area (Å²) in [5.41, 5.74) is 1.28. The molecule has 0 aromatic heterocycles. The van der Waals surface area contributed by atoms with E-state index < -0.39 is 0 Å². The maximum atomic E-state index is 5.39. The van der Waals surface area contributed by atoms with Crippen molar-refractivity contribution >= 4 is 6.08 Å². The van der Waals surface area contributed by atoms with Crippen molar-refractivity contribution in [3.05, 3.63) is 42.0 Å². The van der Waals surface area contributed by atoms with Crippen LogP contribution in [0, 0.1) is 0 Å². The fraction of sp³-hybridized carbons (Fsp3) is 0.467. The van der Waals surface area contributed by atoms with Gasteiger partial charge in [0.2, 0.25) is 0 Å². The minimum atomic E-state index is 0.541. The predicted octanol–water partition coefficient (Wildman–Crippen LogP) is 2.81. The van der Waals surface area contributed by atoms with Crippen molar-refractivity contribution in [2.24, 2.45) is 0 Å². The first-order chi connectivity index (χ1) is 8.40. The van der Waals surface area contributed by atoms with Crippen molar-refractivity contribution < 1.29 is 4.74 Å². The maximum absolute atomic E-state index is 5.39. The van der Waals surface area contributed by atoms with Crippen molar-refractivity contribution in [2.45, 2.75) is 19.4 Å². The molecule has 0 spiro atoms. The summed E-state index contributed by atoms with van der Waals surface area (Å²) in [5, 5.41) is 0. The quantitative estimate of drug-likeness (QED) is 0.790. The van der Waals surface area contributed by atoms with Crippen LogP contribution in [0.3, 0.4) is 0 Å². The Hall–Kier alpha value is -1.12. The van der Waals surface area contributed by atoms with Crippen molar-refractivity contribution in [3.8, 4) is 0 Å². The zero-order valence-corrected chi connectivity index (χ0v) is 10.5. The molecule has 0 saturated carbocycles. The average Bonchev–Trinajstić information content (AvgIpc) is 2.42. The van der Waals surface area contributed by atoms with E-state index in [1.54, 1.807) is 0 Å². The lowest BCUT2D eigenvalue weighted by atomic mass is 10.1. The summed E-state index contributed by atoms with van der Waals surface area (Å²) in [6.07, 6.45) is 5.70. The van der Waals surface area contributed by atoms with E-state index in [0.717, 1.165) is 32.7 Å². The first-order valence-corrected chi connectivity index (χ1v) is 6.45. The summed E-state index contributed by atoms with van der Waals surface area (Å²) in [7, 11) is 0. The van der Waals surface area contributed by atoms with E-state index in [1.165, 1.54) is 5.56 Å². The Balaban J connectivity index is 1.96. The van der Waals surface area contributed by atoms with Gasteiger partial charge in [0.1, 0.15) is 0 Å². The molecule has 1 unspecified atom stereocenters. The van der Waals surface area contributed by atoms with E-state index in [9.17, 15) is 0 Å². The van der Waals surface area contributed by atoms with Gasteiger partial charge in [-0.05, 0) is 12.0 Å². The summed E-state index contributed by atoms with van der Waals surface area (Å²) in [4.78, 5) is 2.50. The van der Waals surface area contributed by atoms with Gasteiger partial charge in [-0.2, -0.15) is 0 Å². The first kappa shape index (κ1) is 12.3. The fourth-order valence-corrected chi connectivity index (χ4v) is 2.21. The standard InChI is InChI=1S/C15H21NO/c1-2-15(16-10-12-17-13-11-16)9-8-14-6-4-3-5-7-14/h3-9,15H,2,10-13H2,1H3/b9-8+. The van der Waals surface area contributed by atoms with Gasteiger partial charge in [-0.3, -0.25) is 4.90 Å². The maximum Gasteiger partial charge on any atom is 0.0594 e. The van der Waals surface area contributed by atoms with Gasteiger partial charge in [-0.1, -0.05) is 49.4 Å². The molecule has 1 aliphatic rings. The molecule has 0 radical (unpaired) electrons. The SMILES string of the molecule is CCC(/C=C/c1ccccc1)N1CCOCC1. The lowest BCUT2D eigenvalue weighted by molar-refractivity contribution is 0.0252. The van der Waals surface area contributed by atoms with Crippen LogP contribution in [-0.2, 0) is 4.74 Å². The van der Waals surface area contributed by atoms with Gasteiger partial charge in [0.15, 0.2) is 0 Å². The summed E-state index contributed by atoms with van der Waals surface area (Å²) in [6, 6.07) is 11.0. The van der Waals surface area contributed by atoms with Crippen LogP contribution in [0.15, 0.2) is 36.4 Å². The van der Waals surface area contributed by atoms with Gasteiger partial charge < -0.3 is 4.74 Å². The Morgan fingerprint density at radius 3 is 2.59 bits per heavy atom. The Morgan fingerprint density at radius 1 is 1.24 bits per heavy atom. The van der Waals surface area contributed by atoms with E-state index in [0.29, 0.717) is 6.04 Å². The van der Waals surface area contributed by atoms with E-state index in [-0.39, 0.29) is 0 Å². The smallest absolute Gasteiger partial charge is 0.0594 e. The normalized spacial score (nSPS) is 19.6. The molecule has 1 aromatic carbocycles. The molecule has 1 atom stereocenters. The van der Waals surface area contributed by atoms with Crippen LogP contribution >= 0.6 is 0 Å². The number of benzene rings is 1. The predicted molar refractivity (Wildman–Crippen MR) is 71.9 cm³/mol. The number of hydrogen-bond donors (Lipinski definition) is 0. The van der Waals surface area contributed by atoms with Crippen LogP contribution in [0.25, 0.3) is 6.08 Å². The molecule has 92 valence electrons. The van der Waals surface area contributed by atoms with E-state index in [2.05, 4.69) is 54.3 Å². The van der Waals surface area contributed by atoms with Crippen LogP contribution in [0.2, 0.25) is 0 Å². The van der Waals surface area contributed by atoms with Gasteiger partial charge >= 0.3 is 0 Å². The number of hydrogen-bond acceptors (Lipinski definition) is 2. The molecule has 17 heavy (non-hydrogen) atoms. The van der Waals surface area contributed by atoms with E-state index in [1.807, 2.05) is 0 Å². The monoisotopic (exact) mass is 231 g/mol. The van der Waals surface area contributed by atoms with Crippen LogP contribution in [0.5, 0.6) is 0 Å². The molecule has 2 heteroatoms. The molecule has 1 aliphatic heterocycles. The molecule has 0 N–H and O–H groups in total.